The lowest BCUT2D eigenvalue weighted by Crippen LogP contribution is -2.55. The maximum Gasteiger partial charge on any atom is 0.242 e. The smallest absolute Gasteiger partial charge is 0.242 e. The fourth-order valence-corrected chi connectivity index (χ4v) is 14.8. The van der Waals surface area contributed by atoms with E-state index < -0.39 is 0 Å². The number of aryl methyl sites for hydroxylation is 18. The molecule has 0 spiro atoms. The van der Waals surface area contributed by atoms with Crippen LogP contribution in [-0.2, 0) is 0 Å². The molecule has 10 aromatic carbocycles. The van der Waals surface area contributed by atoms with E-state index in [4.69, 9.17) is 0 Å². The van der Waals surface area contributed by atoms with Crippen LogP contribution in [0.4, 0.5) is 0 Å². The maximum atomic E-state index is 11.1. The van der Waals surface area contributed by atoms with Gasteiger partial charge in [0.25, 0.3) is 0 Å². The van der Waals surface area contributed by atoms with Gasteiger partial charge in [-0.15, -0.1) is 0 Å². The Bertz CT molecular complexity index is 3730. The van der Waals surface area contributed by atoms with Crippen molar-refractivity contribution in [3.8, 4) is 0 Å². The Morgan fingerprint density at radius 2 is 0.345 bits per heavy atom. The SMILES string of the molecule is Cc1cc(C)c(B(c2ccc(/C=C/c3ccc(/C=C/c4ccc(B(c5c(C)cc(C)cc5C)c5c(C)cc(C)cc5C)cc4)cc3)cc2)c2c(C)cc(C)cc2C)c(C)c1.Cc1cc(C)c(B(c2ccc(C=O)cc2)c2c(C)cc(C)cc2C)c(C)c1. The maximum absolute atomic E-state index is 11.1. The molecule has 0 N–H and O–H groups in total. The van der Waals surface area contributed by atoms with Crippen LogP contribution in [0.1, 0.15) is 133 Å². The molecule has 0 fully saturated rings. The number of carbonyl (C=O) groups is 1. The third-order valence-electron chi connectivity index (χ3n) is 18.0. The molecule has 10 aromatic rings. The van der Waals surface area contributed by atoms with Crippen molar-refractivity contribution in [1.29, 1.82) is 0 Å². The summed E-state index contributed by atoms with van der Waals surface area (Å²) in [6, 6.07) is 63.1. The molecule has 0 unspecified atom stereocenters. The van der Waals surface area contributed by atoms with Gasteiger partial charge in [-0.3, -0.25) is 4.79 Å². The van der Waals surface area contributed by atoms with Gasteiger partial charge in [0, 0.05) is 5.56 Å². The summed E-state index contributed by atoms with van der Waals surface area (Å²) in [6.07, 6.45) is 9.79. The van der Waals surface area contributed by atoms with Crippen molar-refractivity contribution in [2.24, 2.45) is 0 Å². The first-order chi connectivity index (χ1) is 41.5. The van der Waals surface area contributed by atoms with E-state index in [-0.39, 0.29) is 20.1 Å². The lowest BCUT2D eigenvalue weighted by Gasteiger charge is -2.24. The van der Waals surface area contributed by atoms with Crippen molar-refractivity contribution >= 4 is 99.9 Å². The predicted octanol–water partition coefficient (Wildman–Crippen LogP) is 14.6. The molecule has 0 saturated heterocycles. The Morgan fingerprint density at radius 3 is 0.494 bits per heavy atom. The Labute approximate surface area is 524 Å². The van der Waals surface area contributed by atoms with Crippen LogP contribution in [0, 0.1) is 125 Å². The topological polar surface area (TPSA) is 17.1 Å². The summed E-state index contributed by atoms with van der Waals surface area (Å²) in [5.41, 5.74) is 41.7. The standard InChI is InChI=1S/C58H60B2.C25H27BO/c1-37-29-41(5)55(42(6)30-37)59(56-43(7)31-38(2)32-44(56)8)53-25-21-51(22-26-53)19-17-49-13-15-50(16-14-49)18-20-52-23-27-54(28-24-52)60(57-45(9)33-39(3)34-46(57)10)58-47(11)35-40(4)36-48(58)12;1-16-11-18(3)24(19(4)12-16)26(23-9-7-22(15-27)8-10-23)25-20(5)13-17(2)14-21(25)6/h13-36H,1-12H3;7-15H,1-6H3/b19-17+,20-18+;. The van der Waals surface area contributed by atoms with Gasteiger partial charge < -0.3 is 0 Å². The van der Waals surface area contributed by atoms with E-state index in [1.165, 1.54) is 172 Å². The largest absolute Gasteiger partial charge is 0.298 e. The molecule has 0 aliphatic rings. The zero-order valence-corrected chi connectivity index (χ0v) is 55.2. The quantitative estimate of drug-likeness (QED) is 0.0602. The van der Waals surface area contributed by atoms with Gasteiger partial charge in [0.15, 0.2) is 0 Å². The number of hydrogen-bond acceptors (Lipinski definition) is 1. The van der Waals surface area contributed by atoms with E-state index in [1.807, 2.05) is 12.1 Å². The van der Waals surface area contributed by atoms with Crippen molar-refractivity contribution in [3.05, 3.63) is 298 Å². The van der Waals surface area contributed by atoms with Crippen LogP contribution in [0.2, 0.25) is 0 Å². The van der Waals surface area contributed by atoms with Crippen molar-refractivity contribution in [2.45, 2.75) is 125 Å². The molecule has 0 bridgehead atoms. The number of aldehydes is 1. The van der Waals surface area contributed by atoms with E-state index in [9.17, 15) is 4.79 Å². The van der Waals surface area contributed by atoms with Crippen LogP contribution >= 0.6 is 0 Å². The first-order valence-corrected chi connectivity index (χ1v) is 31.2. The molecule has 0 amide bonds. The van der Waals surface area contributed by atoms with E-state index in [2.05, 4.69) is 307 Å². The molecule has 0 atom stereocenters. The molecule has 0 heterocycles. The summed E-state index contributed by atoms with van der Waals surface area (Å²) in [5.74, 6) is 0. The van der Waals surface area contributed by atoms with Crippen LogP contribution in [0.15, 0.2) is 170 Å². The third-order valence-corrected chi connectivity index (χ3v) is 18.0. The van der Waals surface area contributed by atoms with Crippen molar-refractivity contribution < 1.29 is 4.79 Å². The molecule has 1 nitrogen and oxygen atoms in total. The van der Waals surface area contributed by atoms with Gasteiger partial charge >= 0.3 is 0 Å². The third kappa shape index (κ3) is 14.4. The second-order valence-corrected chi connectivity index (χ2v) is 25.6. The van der Waals surface area contributed by atoms with Gasteiger partial charge in [0.1, 0.15) is 6.29 Å². The van der Waals surface area contributed by atoms with Gasteiger partial charge in [-0.2, -0.15) is 0 Å². The summed E-state index contributed by atoms with van der Waals surface area (Å²) in [5, 5.41) is 0. The van der Waals surface area contributed by atoms with Gasteiger partial charge in [-0.05, 0) is 147 Å². The van der Waals surface area contributed by atoms with Gasteiger partial charge in [0.05, 0.1) is 0 Å². The Hall–Kier alpha value is -8.46. The van der Waals surface area contributed by atoms with E-state index >= 15 is 0 Å². The van der Waals surface area contributed by atoms with E-state index in [1.54, 1.807) is 0 Å². The average molecular weight is 1130 g/mol. The highest BCUT2D eigenvalue weighted by Crippen LogP contribution is 2.19. The lowest BCUT2D eigenvalue weighted by molar-refractivity contribution is 0.112. The number of rotatable bonds is 14. The summed E-state index contributed by atoms with van der Waals surface area (Å²) < 4.78 is 0. The lowest BCUT2D eigenvalue weighted by atomic mass is 9.34. The minimum Gasteiger partial charge on any atom is -0.298 e. The van der Waals surface area contributed by atoms with Gasteiger partial charge in [-0.1, -0.05) is 343 Å². The first kappa shape index (κ1) is 63.1. The van der Waals surface area contributed by atoms with E-state index in [0.29, 0.717) is 5.56 Å². The first-order valence-electron chi connectivity index (χ1n) is 31.2. The Kier molecular flexibility index (Phi) is 19.6. The molecule has 0 saturated carbocycles. The Balaban J connectivity index is 0.000000278. The van der Waals surface area contributed by atoms with Crippen molar-refractivity contribution in [2.75, 3.05) is 0 Å². The highest BCUT2D eigenvalue weighted by molar-refractivity contribution is 6.97. The molecule has 4 heteroatoms. The zero-order chi connectivity index (χ0) is 62.5. The molecule has 87 heavy (non-hydrogen) atoms. The van der Waals surface area contributed by atoms with Gasteiger partial charge in [0.2, 0.25) is 20.1 Å². The summed E-state index contributed by atoms with van der Waals surface area (Å²) in [6.45, 7) is 40.6. The fourth-order valence-electron chi connectivity index (χ4n) is 14.8. The predicted molar refractivity (Wildman–Crippen MR) is 387 cm³/mol. The average Bonchev–Trinajstić information content (AvgIpc) is 1.46. The minimum atomic E-state index is 0.159. The zero-order valence-electron chi connectivity index (χ0n) is 55.2. The molecule has 434 valence electrons. The molecule has 0 aromatic heterocycles. The highest BCUT2D eigenvalue weighted by Gasteiger charge is 2.31. The highest BCUT2D eigenvalue weighted by atomic mass is 16.1. The van der Waals surface area contributed by atoms with E-state index in [0.717, 1.165) is 6.29 Å². The molecule has 0 aliphatic carbocycles. The van der Waals surface area contributed by atoms with Crippen LogP contribution in [-0.4, -0.2) is 26.4 Å². The number of benzene rings is 10. The Morgan fingerprint density at radius 1 is 0.207 bits per heavy atom. The van der Waals surface area contributed by atoms with Crippen molar-refractivity contribution in [3.63, 3.8) is 0 Å². The monoisotopic (exact) mass is 1130 g/mol. The van der Waals surface area contributed by atoms with Crippen LogP contribution in [0.5, 0.6) is 0 Å². The van der Waals surface area contributed by atoms with Crippen LogP contribution in [0.25, 0.3) is 24.3 Å². The van der Waals surface area contributed by atoms with Gasteiger partial charge in [-0.25, -0.2) is 0 Å². The normalized spacial score (nSPS) is 11.3. The van der Waals surface area contributed by atoms with Crippen LogP contribution in [0.3, 0.4) is 0 Å². The van der Waals surface area contributed by atoms with Crippen molar-refractivity contribution in [1.82, 2.24) is 0 Å². The summed E-state index contributed by atoms with van der Waals surface area (Å²) in [7, 11) is 0. The molecule has 10 rings (SSSR count). The fraction of sp³-hybridized carbons (Fsp3) is 0.217. The molecular formula is C83H87B3O. The molecular weight excluding hydrogens is 1050 g/mol. The molecule has 0 radical (unpaired) electrons. The minimum absolute atomic E-state index is 0.159. The second-order valence-electron chi connectivity index (χ2n) is 25.6. The van der Waals surface area contributed by atoms with Crippen LogP contribution < -0.4 is 49.2 Å². The summed E-state index contributed by atoms with van der Waals surface area (Å²) in [4.78, 5) is 11.1. The molecule has 0 aliphatic heterocycles. The second kappa shape index (κ2) is 27.1. The summed E-state index contributed by atoms with van der Waals surface area (Å²) >= 11 is 0. The number of carbonyl (C=O) groups excluding carboxylic acids is 1. The number of hydrogen-bond donors (Lipinski definition) is 0.